The molecular formula is C26H24FN5O2S. The number of carbonyl (C=O) groups is 1. The lowest BCUT2D eigenvalue weighted by molar-refractivity contribution is -0.116. The monoisotopic (exact) mass is 489 g/mol. The van der Waals surface area contributed by atoms with Crippen LogP contribution in [0, 0.1) is 5.82 Å². The van der Waals surface area contributed by atoms with Crippen LogP contribution in [0.15, 0.2) is 84.0 Å². The highest BCUT2D eigenvalue weighted by Crippen LogP contribution is 2.38. The third kappa shape index (κ3) is 5.00. The van der Waals surface area contributed by atoms with E-state index in [2.05, 4.69) is 20.9 Å². The van der Waals surface area contributed by atoms with Crippen LogP contribution in [0.3, 0.4) is 0 Å². The number of nitrogens with zero attached hydrogens (tertiary/aromatic N) is 3. The third-order valence-corrected chi connectivity index (χ3v) is 6.97. The quantitative estimate of drug-likeness (QED) is 0.382. The van der Waals surface area contributed by atoms with E-state index in [1.807, 2.05) is 61.5 Å². The summed E-state index contributed by atoms with van der Waals surface area (Å²) in [5.41, 5.74) is 5.98. The summed E-state index contributed by atoms with van der Waals surface area (Å²) < 4.78 is 21.2. The molecule has 7 nitrogen and oxygen atoms in total. The molecule has 1 aliphatic rings. The molecule has 0 spiro atoms. The summed E-state index contributed by atoms with van der Waals surface area (Å²) in [7, 11) is 0. The Hall–Kier alpha value is -3.85. The van der Waals surface area contributed by atoms with Crippen molar-refractivity contribution in [3.8, 4) is 5.75 Å². The van der Waals surface area contributed by atoms with Crippen molar-refractivity contribution in [1.82, 2.24) is 14.9 Å². The maximum Gasteiger partial charge on any atom is 0.240 e. The first kappa shape index (κ1) is 22.9. The second-order valence-corrected chi connectivity index (χ2v) is 9.14. The van der Waals surface area contributed by atoms with Crippen LogP contribution in [0.5, 0.6) is 5.75 Å². The van der Waals surface area contributed by atoms with Gasteiger partial charge in [0.2, 0.25) is 11.1 Å². The van der Waals surface area contributed by atoms with Gasteiger partial charge in [-0.3, -0.25) is 4.79 Å². The van der Waals surface area contributed by atoms with Gasteiger partial charge in [0.1, 0.15) is 23.4 Å². The Morgan fingerprint density at radius 3 is 2.57 bits per heavy atom. The summed E-state index contributed by atoms with van der Waals surface area (Å²) in [5, 5.41) is 11.6. The molecule has 2 atom stereocenters. The van der Waals surface area contributed by atoms with E-state index in [9.17, 15) is 9.18 Å². The minimum absolute atomic E-state index is 0.172. The maximum absolute atomic E-state index is 13.6. The van der Waals surface area contributed by atoms with Gasteiger partial charge in [0, 0.05) is 5.69 Å². The smallest absolute Gasteiger partial charge is 0.240 e. The molecule has 2 N–H and O–H groups in total. The van der Waals surface area contributed by atoms with Crippen molar-refractivity contribution in [3.05, 3.63) is 102 Å². The SMILES string of the molecule is CCc1ccccc1NC(=O)[C@@H]1Sc2nnc(COc3ccccc3)n2N[C@@H]1c1ccc(F)cc1. The number of ether oxygens (including phenoxy) is 1. The molecule has 0 bridgehead atoms. The van der Waals surface area contributed by atoms with E-state index in [0.717, 1.165) is 29.0 Å². The minimum atomic E-state index is -0.565. The van der Waals surface area contributed by atoms with E-state index >= 15 is 0 Å². The number of fused-ring (bicyclic) bond motifs is 1. The zero-order chi connectivity index (χ0) is 24.2. The molecule has 0 saturated carbocycles. The molecule has 2 heterocycles. The molecule has 1 aromatic heterocycles. The van der Waals surface area contributed by atoms with E-state index in [1.165, 1.54) is 23.9 Å². The fraction of sp³-hybridized carbons (Fsp3) is 0.192. The second kappa shape index (κ2) is 10.2. The van der Waals surface area contributed by atoms with Gasteiger partial charge in [-0.2, -0.15) is 0 Å². The van der Waals surface area contributed by atoms with Gasteiger partial charge in [-0.1, -0.05) is 67.2 Å². The van der Waals surface area contributed by atoms with Gasteiger partial charge in [-0.25, -0.2) is 9.07 Å². The number of nitrogens with one attached hydrogen (secondary N) is 2. The van der Waals surface area contributed by atoms with Gasteiger partial charge in [0.05, 0.1) is 6.04 Å². The van der Waals surface area contributed by atoms with E-state index < -0.39 is 11.3 Å². The fourth-order valence-corrected chi connectivity index (χ4v) is 5.03. The molecule has 0 saturated heterocycles. The van der Waals surface area contributed by atoms with Crippen LogP contribution < -0.4 is 15.5 Å². The zero-order valence-electron chi connectivity index (χ0n) is 19.0. The van der Waals surface area contributed by atoms with Crippen LogP contribution in [0.4, 0.5) is 10.1 Å². The zero-order valence-corrected chi connectivity index (χ0v) is 19.8. The third-order valence-electron chi connectivity index (χ3n) is 5.76. The summed E-state index contributed by atoms with van der Waals surface area (Å²) in [6.07, 6.45) is 0.799. The summed E-state index contributed by atoms with van der Waals surface area (Å²) >= 11 is 1.31. The van der Waals surface area contributed by atoms with Crippen molar-refractivity contribution in [2.24, 2.45) is 0 Å². The van der Waals surface area contributed by atoms with Crippen LogP contribution >= 0.6 is 11.8 Å². The number of amides is 1. The molecule has 0 aliphatic carbocycles. The number of benzene rings is 3. The Morgan fingerprint density at radius 2 is 1.80 bits per heavy atom. The molecule has 0 fully saturated rings. The van der Waals surface area contributed by atoms with Crippen LogP contribution in [0.1, 0.15) is 29.9 Å². The predicted molar refractivity (Wildman–Crippen MR) is 133 cm³/mol. The largest absolute Gasteiger partial charge is 0.486 e. The lowest BCUT2D eigenvalue weighted by Crippen LogP contribution is -2.41. The van der Waals surface area contributed by atoms with E-state index in [-0.39, 0.29) is 18.3 Å². The number of hydrogen-bond donors (Lipinski definition) is 2. The summed E-state index contributed by atoms with van der Waals surface area (Å²) in [6, 6.07) is 22.9. The highest BCUT2D eigenvalue weighted by molar-refractivity contribution is 8.00. The number of aromatic nitrogens is 3. The van der Waals surface area contributed by atoms with E-state index in [1.54, 1.807) is 16.8 Å². The van der Waals surface area contributed by atoms with Crippen LogP contribution in [0.2, 0.25) is 0 Å². The molecule has 5 rings (SSSR count). The number of halogens is 1. The van der Waals surface area contributed by atoms with Crippen LogP contribution in [-0.2, 0) is 17.8 Å². The van der Waals surface area contributed by atoms with Gasteiger partial charge in [-0.05, 0) is 47.9 Å². The maximum atomic E-state index is 13.6. The van der Waals surface area contributed by atoms with Crippen molar-refractivity contribution < 1.29 is 13.9 Å². The number of anilines is 1. The lowest BCUT2D eigenvalue weighted by Gasteiger charge is -2.33. The van der Waals surface area contributed by atoms with Crippen LogP contribution in [-0.4, -0.2) is 26.0 Å². The van der Waals surface area contributed by atoms with Gasteiger partial charge >= 0.3 is 0 Å². The topological polar surface area (TPSA) is 81.1 Å². The number of thioether (sulfide) groups is 1. The molecule has 0 radical (unpaired) electrons. The van der Waals surface area contributed by atoms with Crippen molar-refractivity contribution in [2.75, 3.05) is 10.7 Å². The summed E-state index contributed by atoms with van der Waals surface area (Å²) in [5.74, 6) is 0.778. The lowest BCUT2D eigenvalue weighted by atomic mass is 10.0. The first-order valence-corrected chi connectivity index (χ1v) is 12.2. The average molecular weight is 490 g/mol. The Bertz CT molecular complexity index is 1310. The highest BCUT2D eigenvalue weighted by atomic mass is 32.2. The summed E-state index contributed by atoms with van der Waals surface area (Å²) in [4.78, 5) is 13.5. The van der Waals surface area contributed by atoms with Gasteiger partial charge < -0.3 is 15.5 Å². The Morgan fingerprint density at radius 1 is 1.06 bits per heavy atom. The van der Waals surface area contributed by atoms with Crippen molar-refractivity contribution in [2.45, 2.75) is 36.4 Å². The van der Waals surface area contributed by atoms with Crippen LogP contribution in [0.25, 0.3) is 0 Å². The number of rotatable bonds is 7. The first-order chi connectivity index (χ1) is 17.1. The number of aryl methyl sites for hydroxylation is 1. The predicted octanol–water partition coefficient (Wildman–Crippen LogP) is 4.96. The molecule has 0 unspecified atom stereocenters. The van der Waals surface area contributed by atoms with Crippen molar-refractivity contribution in [1.29, 1.82) is 0 Å². The number of hydrogen-bond acceptors (Lipinski definition) is 6. The van der Waals surface area contributed by atoms with Gasteiger partial charge in [0.25, 0.3) is 0 Å². The Labute approximate surface area is 206 Å². The number of carbonyl (C=O) groups excluding carboxylic acids is 1. The van der Waals surface area contributed by atoms with Gasteiger partial charge in [-0.15, -0.1) is 10.2 Å². The molecule has 9 heteroatoms. The Balaban J connectivity index is 1.43. The molecule has 1 aliphatic heterocycles. The second-order valence-electron chi connectivity index (χ2n) is 8.03. The Kier molecular flexibility index (Phi) is 6.67. The molecular weight excluding hydrogens is 465 g/mol. The summed E-state index contributed by atoms with van der Waals surface area (Å²) in [6.45, 7) is 2.24. The molecule has 35 heavy (non-hydrogen) atoms. The molecule has 4 aromatic rings. The standard InChI is InChI=1S/C26H24FN5O2S/c1-2-17-8-6-7-11-21(17)28-25(33)24-23(18-12-14-19(27)15-13-18)31-32-22(29-30-26(32)35-24)16-34-20-9-4-3-5-10-20/h3-15,23-24,31H,2,16H2,1H3,(H,28,33)/t23-,24-/m1/s1. The normalized spacial score (nSPS) is 16.7. The van der Waals surface area contributed by atoms with Crippen molar-refractivity contribution >= 4 is 23.4 Å². The van der Waals surface area contributed by atoms with E-state index in [4.69, 9.17) is 4.74 Å². The van der Waals surface area contributed by atoms with Crippen molar-refractivity contribution in [3.63, 3.8) is 0 Å². The number of para-hydroxylation sites is 2. The fourth-order valence-electron chi connectivity index (χ4n) is 3.93. The van der Waals surface area contributed by atoms with E-state index in [0.29, 0.717) is 11.0 Å². The van der Waals surface area contributed by atoms with Gasteiger partial charge in [0.15, 0.2) is 5.82 Å². The molecule has 1 amide bonds. The molecule has 3 aromatic carbocycles. The molecule has 178 valence electrons. The average Bonchev–Trinajstić information content (AvgIpc) is 3.30. The highest BCUT2D eigenvalue weighted by Gasteiger charge is 2.38. The minimum Gasteiger partial charge on any atom is -0.486 e. The first-order valence-electron chi connectivity index (χ1n) is 11.3.